The quantitative estimate of drug-likeness (QED) is 0.852. The van der Waals surface area contributed by atoms with E-state index in [0.29, 0.717) is 0 Å². The molecule has 0 saturated carbocycles. The van der Waals surface area contributed by atoms with Gasteiger partial charge in [-0.3, -0.25) is 13.8 Å². The molecule has 0 aliphatic carbocycles. The van der Waals surface area contributed by atoms with E-state index in [0.717, 1.165) is 31.0 Å². The molecule has 2 atom stereocenters. The summed E-state index contributed by atoms with van der Waals surface area (Å²) in [5.74, 6) is 1.51. The van der Waals surface area contributed by atoms with Crippen molar-refractivity contribution in [3.8, 4) is 0 Å². The van der Waals surface area contributed by atoms with Crippen LogP contribution in [0.25, 0.3) is 0 Å². The first-order chi connectivity index (χ1) is 8.61. The maximum atomic E-state index is 11.4. The van der Waals surface area contributed by atoms with Crippen LogP contribution in [-0.2, 0) is 17.8 Å². The highest BCUT2D eigenvalue weighted by Crippen LogP contribution is 2.25. The molecule has 102 valence electrons. The number of nitrogens with zero attached hydrogens (tertiary/aromatic N) is 3. The smallest absolute Gasteiger partial charge is 0.0538 e. The van der Waals surface area contributed by atoms with Gasteiger partial charge in [-0.05, 0) is 6.42 Å². The van der Waals surface area contributed by atoms with Crippen molar-refractivity contribution >= 4 is 10.8 Å². The molecule has 5 nitrogen and oxygen atoms in total. The Labute approximate surface area is 111 Å². The number of hydrogen-bond acceptors (Lipinski definition) is 4. The molecule has 0 aromatic carbocycles. The molecule has 6 heteroatoms. The largest absolute Gasteiger partial charge is 0.326 e. The molecule has 1 aromatic rings. The lowest BCUT2D eigenvalue weighted by atomic mass is 9.99. The van der Waals surface area contributed by atoms with Gasteiger partial charge in [-0.25, -0.2) is 0 Å². The van der Waals surface area contributed by atoms with Gasteiger partial charge in [0.15, 0.2) is 0 Å². The summed E-state index contributed by atoms with van der Waals surface area (Å²) in [5.41, 5.74) is 7.44. The van der Waals surface area contributed by atoms with Gasteiger partial charge in [0.1, 0.15) is 0 Å². The summed E-state index contributed by atoms with van der Waals surface area (Å²) >= 11 is 0. The molecular formula is C12H22N4OS. The van der Waals surface area contributed by atoms with Crippen LogP contribution in [0.1, 0.15) is 24.9 Å². The van der Waals surface area contributed by atoms with Crippen molar-refractivity contribution in [2.75, 3.05) is 24.6 Å². The van der Waals surface area contributed by atoms with Crippen LogP contribution in [0.2, 0.25) is 0 Å². The molecule has 2 rings (SSSR count). The highest BCUT2D eigenvalue weighted by molar-refractivity contribution is 7.85. The van der Waals surface area contributed by atoms with Gasteiger partial charge in [-0.15, -0.1) is 0 Å². The second kappa shape index (κ2) is 5.95. The molecule has 1 saturated heterocycles. The second-order valence-electron chi connectivity index (χ2n) is 4.85. The van der Waals surface area contributed by atoms with E-state index in [1.54, 1.807) is 0 Å². The third kappa shape index (κ3) is 2.99. The van der Waals surface area contributed by atoms with E-state index in [9.17, 15) is 4.21 Å². The third-order valence-electron chi connectivity index (χ3n) is 3.55. The fourth-order valence-corrected chi connectivity index (χ4v) is 3.56. The Morgan fingerprint density at radius 1 is 1.50 bits per heavy atom. The summed E-state index contributed by atoms with van der Waals surface area (Å²) < 4.78 is 13.3. The van der Waals surface area contributed by atoms with Gasteiger partial charge < -0.3 is 5.73 Å². The third-order valence-corrected chi connectivity index (χ3v) is 4.82. The van der Waals surface area contributed by atoms with Gasteiger partial charge in [0.25, 0.3) is 0 Å². The maximum absolute atomic E-state index is 11.4. The Morgan fingerprint density at radius 3 is 2.67 bits per heavy atom. The monoisotopic (exact) mass is 270 g/mol. The zero-order chi connectivity index (χ0) is 13.1. The van der Waals surface area contributed by atoms with Crippen molar-refractivity contribution in [2.24, 2.45) is 12.8 Å². The van der Waals surface area contributed by atoms with Crippen molar-refractivity contribution in [1.82, 2.24) is 14.7 Å². The molecular weight excluding hydrogens is 248 g/mol. The molecule has 2 heterocycles. The van der Waals surface area contributed by atoms with E-state index in [4.69, 9.17) is 5.73 Å². The van der Waals surface area contributed by atoms with E-state index >= 15 is 0 Å². The van der Waals surface area contributed by atoms with Crippen LogP contribution < -0.4 is 5.73 Å². The number of rotatable bonds is 4. The van der Waals surface area contributed by atoms with Crippen molar-refractivity contribution in [3.05, 3.63) is 18.0 Å². The highest BCUT2D eigenvalue weighted by atomic mass is 32.2. The van der Waals surface area contributed by atoms with E-state index in [2.05, 4.69) is 16.9 Å². The predicted octanol–water partition coefficient (Wildman–Crippen LogP) is 0.263. The van der Waals surface area contributed by atoms with Gasteiger partial charge in [0.05, 0.1) is 12.2 Å². The second-order valence-corrected chi connectivity index (χ2v) is 6.54. The Hall–Kier alpha value is -0.720. The zero-order valence-corrected chi connectivity index (χ0v) is 11.9. The normalized spacial score (nSPS) is 21.9. The minimum atomic E-state index is -0.647. The first-order valence-electron chi connectivity index (χ1n) is 6.45. The van der Waals surface area contributed by atoms with E-state index in [1.165, 1.54) is 5.56 Å². The molecule has 2 unspecified atom stereocenters. The molecule has 1 aliphatic heterocycles. The topological polar surface area (TPSA) is 64.2 Å². The minimum Gasteiger partial charge on any atom is -0.326 e. The van der Waals surface area contributed by atoms with Crippen LogP contribution in [0.5, 0.6) is 0 Å². The lowest BCUT2D eigenvalue weighted by molar-refractivity contribution is 0.185. The van der Waals surface area contributed by atoms with Gasteiger partial charge in [0.2, 0.25) is 0 Å². The Balaban J connectivity index is 2.17. The zero-order valence-electron chi connectivity index (χ0n) is 11.1. The standard InChI is InChI=1S/C12H22N4OS/c1-3-11(13)12(10-8-14-15(2)9-10)16-4-6-18(17)7-5-16/h8-9,11-12H,3-7,13H2,1-2H3. The summed E-state index contributed by atoms with van der Waals surface area (Å²) in [6.45, 7) is 3.83. The van der Waals surface area contributed by atoms with Crippen LogP contribution in [-0.4, -0.2) is 49.5 Å². The Kier molecular flexibility index (Phi) is 4.53. The van der Waals surface area contributed by atoms with Crippen molar-refractivity contribution in [3.63, 3.8) is 0 Å². The Bertz CT molecular complexity index is 410. The number of aryl methyl sites for hydroxylation is 1. The fourth-order valence-electron chi connectivity index (χ4n) is 2.48. The molecule has 0 spiro atoms. The predicted molar refractivity (Wildman–Crippen MR) is 73.7 cm³/mol. The van der Waals surface area contributed by atoms with Crippen LogP contribution in [0.4, 0.5) is 0 Å². The summed E-state index contributed by atoms with van der Waals surface area (Å²) in [6, 6.07) is 0.293. The van der Waals surface area contributed by atoms with Crippen LogP contribution in [0, 0.1) is 0 Å². The van der Waals surface area contributed by atoms with Crippen molar-refractivity contribution < 1.29 is 4.21 Å². The number of aromatic nitrogens is 2. The van der Waals surface area contributed by atoms with Crippen LogP contribution in [0.3, 0.4) is 0 Å². The van der Waals surface area contributed by atoms with E-state index in [1.807, 2.05) is 24.1 Å². The summed E-state index contributed by atoms with van der Waals surface area (Å²) in [6.07, 6.45) is 4.86. The van der Waals surface area contributed by atoms with E-state index < -0.39 is 10.8 Å². The molecule has 0 bridgehead atoms. The van der Waals surface area contributed by atoms with Crippen LogP contribution >= 0.6 is 0 Å². The van der Waals surface area contributed by atoms with Gasteiger partial charge in [0, 0.05) is 60.2 Å². The summed E-state index contributed by atoms with van der Waals surface area (Å²) in [4.78, 5) is 2.35. The number of hydrogen-bond donors (Lipinski definition) is 1. The molecule has 1 aliphatic rings. The average Bonchev–Trinajstić information content (AvgIpc) is 2.78. The maximum Gasteiger partial charge on any atom is 0.0538 e. The highest BCUT2D eigenvalue weighted by Gasteiger charge is 2.29. The lowest BCUT2D eigenvalue weighted by Crippen LogP contribution is -2.46. The number of nitrogens with two attached hydrogens (primary N) is 1. The van der Waals surface area contributed by atoms with Gasteiger partial charge >= 0.3 is 0 Å². The molecule has 0 radical (unpaired) electrons. The Morgan fingerprint density at radius 2 is 2.17 bits per heavy atom. The fraction of sp³-hybridized carbons (Fsp3) is 0.750. The molecule has 0 amide bonds. The van der Waals surface area contributed by atoms with E-state index in [-0.39, 0.29) is 12.1 Å². The van der Waals surface area contributed by atoms with Crippen molar-refractivity contribution in [1.29, 1.82) is 0 Å². The van der Waals surface area contributed by atoms with Crippen molar-refractivity contribution in [2.45, 2.75) is 25.4 Å². The van der Waals surface area contributed by atoms with Gasteiger partial charge in [-0.1, -0.05) is 6.92 Å². The first kappa shape index (κ1) is 13.7. The lowest BCUT2D eigenvalue weighted by Gasteiger charge is -2.36. The SMILES string of the molecule is CCC(N)C(c1cnn(C)c1)N1CCS(=O)CC1. The molecule has 1 fully saturated rings. The van der Waals surface area contributed by atoms with Gasteiger partial charge in [-0.2, -0.15) is 5.10 Å². The summed E-state index contributed by atoms with van der Waals surface area (Å²) in [5, 5.41) is 4.24. The minimum absolute atomic E-state index is 0.0979. The molecule has 18 heavy (non-hydrogen) atoms. The molecule has 1 aromatic heterocycles. The van der Waals surface area contributed by atoms with Crippen LogP contribution in [0.15, 0.2) is 12.4 Å². The average molecular weight is 270 g/mol. The first-order valence-corrected chi connectivity index (χ1v) is 7.93. The molecule has 2 N–H and O–H groups in total. The summed E-state index contributed by atoms with van der Waals surface area (Å²) in [7, 11) is 1.27.